The van der Waals surface area contributed by atoms with E-state index >= 15 is 0 Å². The summed E-state index contributed by atoms with van der Waals surface area (Å²) in [6, 6.07) is 0.199. The molecule has 2 heteroatoms. The van der Waals surface area contributed by atoms with Gasteiger partial charge < -0.3 is 10.5 Å². The van der Waals surface area contributed by atoms with Gasteiger partial charge in [0.25, 0.3) is 0 Å². The molecule has 0 radical (unpaired) electrons. The Balaban J connectivity index is 2.74. The minimum Gasteiger partial charge on any atom is -0.374 e. The Morgan fingerprint density at radius 3 is 2.65 bits per heavy atom. The first-order valence-electron chi connectivity index (χ1n) is 7.45. The third-order valence-corrected chi connectivity index (χ3v) is 4.39. The summed E-state index contributed by atoms with van der Waals surface area (Å²) in [6.07, 6.45) is 7.34. The van der Waals surface area contributed by atoms with Crippen LogP contribution in [0.15, 0.2) is 0 Å². The molecule has 0 aromatic rings. The second-order valence-corrected chi connectivity index (χ2v) is 5.99. The predicted octanol–water partition coefficient (Wildman–Crippen LogP) is 3.74. The largest absolute Gasteiger partial charge is 0.374 e. The maximum atomic E-state index is 6.54. The molecule has 0 aromatic carbocycles. The molecule has 102 valence electrons. The van der Waals surface area contributed by atoms with Gasteiger partial charge >= 0.3 is 0 Å². The van der Waals surface area contributed by atoms with E-state index in [0.29, 0.717) is 5.92 Å². The smallest absolute Gasteiger partial charge is 0.0837 e. The van der Waals surface area contributed by atoms with Gasteiger partial charge in [-0.3, -0.25) is 0 Å². The lowest BCUT2D eigenvalue weighted by molar-refractivity contribution is -0.103. The topological polar surface area (TPSA) is 35.2 Å². The number of hydrogen-bond donors (Lipinski definition) is 1. The molecule has 1 aliphatic rings. The van der Waals surface area contributed by atoms with E-state index in [0.717, 1.165) is 25.4 Å². The summed E-state index contributed by atoms with van der Waals surface area (Å²) in [6.45, 7) is 9.75. The molecular weight excluding hydrogens is 210 g/mol. The standard InChI is InChI=1S/C15H31NO/c1-5-8-13(4)14(16)15(17-6-2)10-7-9-12(3)11-15/h12-14H,5-11,16H2,1-4H3. The quantitative estimate of drug-likeness (QED) is 0.769. The van der Waals surface area contributed by atoms with Crippen molar-refractivity contribution in [1.29, 1.82) is 0 Å². The highest BCUT2D eigenvalue weighted by atomic mass is 16.5. The van der Waals surface area contributed by atoms with Crippen LogP contribution in [0.5, 0.6) is 0 Å². The molecule has 0 saturated heterocycles. The molecule has 1 fully saturated rings. The first-order chi connectivity index (χ1) is 8.05. The fourth-order valence-corrected chi connectivity index (χ4v) is 3.51. The lowest BCUT2D eigenvalue weighted by Gasteiger charge is -2.46. The van der Waals surface area contributed by atoms with E-state index in [9.17, 15) is 0 Å². The lowest BCUT2D eigenvalue weighted by Crippen LogP contribution is -2.55. The molecule has 1 saturated carbocycles. The molecule has 0 amide bonds. The highest BCUT2D eigenvalue weighted by Gasteiger charge is 2.42. The zero-order chi connectivity index (χ0) is 12.9. The van der Waals surface area contributed by atoms with Crippen molar-refractivity contribution in [1.82, 2.24) is 0 Å². The monoisotopic (exact) mass is 241 g/mol. The molecular formula is C15H31NO. The number of rotatable bonds is 6. The van der Waals surface area contributed by atoms with Gasteiger partial charge in [0, 0.05) is 12.6 Å². The minimum atomic E-state index is -0.0407. The third kappa shape index (κ3) is 3.69. The molecule has 4 unspecified atom stereocenters. The molecule has 0 bridgehead atoms. The van der Waals surface area contributed by atoms with E-state index in [1.807, 2.05) is 0 Å². The van der Waals surface area contributed by atoms with Crippen LogP contribution in [0.25, 0.3) is 0 Å². The second-order valence-electron chi connectivity index (χ2n) is 5.99. The van der Waals surface area contributed by atoms with Crippen LogP contribution >= 0.6 is 0 Å². The second kappa shape index (κ2) is 6.75. The van der Waals surface area contributed by atoms with Crippen molar-refractivity contribution in [2.24, 2.45) is 17.6 Å². The van der Waals surface area contributed by atoms with E-state index in [1.54, 1.807) is 0 Å². The number of nitrogens with two attached hydrogens (primary N) is 1. The van der Waals surface area contributed by atoms with Gasteiger partial charge in [0.1, 0.15) is 0 Å². The predicted molar refractivity (Wildman–Crippen MR) is 74.0 cm³/mol. The first kappa shape index (κ1) is 15.0. The summed E-state index contributed by atoms with van der Waals surface area (Å²) in [5.74, 6) is 1.33. The van der Waals surface area contributed by atoms with Crippen LogP contribution in [-0.4, -0.2) is 18.2 Å². The van der Waals surface area contributed by atoms with Gasteiger partial charge in [0.2, 0.25) is 0 Å². The molecule has 0 heterocycles. The fourth-order valence-electron chi connectivity index (χ4n) is 3.51. The Morgan fingerprint density at radius 1 is 1.41 bits per heavy atom. The van der Waals surface area contributed by atoms with Crippen LogP contribution in [-0.2, 0) is 4.74 Å². The van der Waals surface area contributed by atoms with E-state index in [-0.39, 0.29) is 11.6 Å². The Bertz CT molecular complexity index is 215. The van der Waals surface area contributed by atoms with Gasteiger partial charge in [0.05, 0.1) is 5.60 Å². The van der Waals surface area contributed by atoms with Crippen molar-refractivity contribution in [3.63, 3.8) is 0 Å². The molecule has 17 heavy (non-hydrogen) atoms. The first-order valence-corrected chi connectivity index (χ1v) is 7.45. The molecule has 2 N–H and O–H groups in total. The maximum absolute atomic E-state index is 6.54. The highest BCUT2D eigenvalue weighted by Crippen LogP contribution is 2.39. The van der Waals surface area contributed by atoms with Gasteiger partial charge in [-0.15, -0.1) is 0 Å². The molecule has 0 aromatic heterocycles. The van der Waals surface area contributed by atoms with Gasteiger partial charge in [0.15, 0.2) is 0 Å². The van der Waals surface area contributed by atoms with Crippen LogP contribution < -0.4 is 5.73 Å². The normalized spacial score (nSPS) is 33.4. The van der Waals surface area contributed by atoms with Gasteiger partial charge in [-0.05, 0) is 38.0 Å². The molecule has 0 spiro atoms. The fraction of sp³-hybridized carbons (Fsp3) is 1.00. The van der Waals surface area contributed by atoms with E-state index in [2.05, 4.69) is 27.7 Å². The van der Waals surface area contributed by atoms with Crippen molar-refractivity contribution in [3.05, 3.63) is 0 Å². The van der Waals surface area contributed by atoms with E-state index < -0.39 is 0 Å². The van der Waals surface area contributed by atoms with Crippen molar-refractivity contribution in [2.75, 3.05) is 6.61 Å². The van der Waals surface area contributed by atoms with Crippen LogP contribution in [0.1, 0.15) is 66.2 Å². The molecule has 1 aliphatic carbocycles. The van der Waals surface area contributed by atoms with Gasteiger partial charge in [-0.2, -0.15) is 0 Å². The van der Waals surface area contributed by atoms with Crippen LogP contribution in [0.4, 0.5) is 0 Å². The Labute approximate surface area is 107 Å². The summed E-state index contributed by atoms with van der Waals surface area (Å²) in [4.78, 5) is 0. The SMILES string of the molecule is CCCC(C)C(N)C1(OCC)CCCC(C)C1. The average Bonchev–Trinajstić information content (AvgIpc) is 2.28. The maximum Gasteiger partial charge on any atom is 0.0837 e. The van der Waals surface area contributed by atoms with Crippen LogP contribution in [0.3, 0.4) is 0 Å². The van der Waals surface area contributed by atoms with Crippen molar-refractivity contribution < 1.29 is 4.74 Å². The Morgan fingerprint density at radius 2 is 2.12 bits per heavy atom. The van der Waals surface area contributed by atoms with Crippen molar-refractivity contribution in [2.45, 2.75) is 77.9 Å². The molecule has 4 atom stereocenters. The number of hydrogen-bond acceptors (Lipinski definition) is 2. The highest BCUT2D eigenvalue weighted by molar-refractivity contribution is 4.97. The number of ether oxygens (including phenoxy) is 1. The summed E-state index contributed by atoms with van der Waals surface area (Å²) in [7, 11) is 0. The molecule has 0 aliphatic heterocycles. The van der Waals surface area contributed by atoms with E-state index in [1.165, 1.54) is 25.7 Å². The van der Waals surface area contributed by atoms with E-state index in [4.69, 9.17) is 10.5 Å². The van der Waals surface area contributed by atoms with Crippen LogP contribution in [0, 0.1) is 11.8 Å². The summed E-state index contributed by atoms with van der Waals surface area (Å²) in [5, 5.41) is 0. The van der Waals surface area contributed by atoms with Gasteiger partial charge in [-0.1, -0.05) is 40.0 Å². The van der Waals surface area contributed by atoms with Crippen molar-refractivity contribution in [3.8, 4) is 0 Å². The lowest BCUT2D eigenvalue weighted by atomic mass is 9.71. The Kier molecular flexibility index (Phi) is 5.94. The molecule has 2 nitrogen and oxygen atoms in total. The summed E-state index contributed by atoms with van der Waals surface area (Å²) < 4.78 is 6.15. The minimum absolute atomic E-state index is 0.0407. The summed E-state index contributed by atoms with van der Waals surface area (Å²) >= 11 is 0. The van der Waals surface area contributed by atoms with Gasteiger partial charge in [-0.25, -0.2) is 0 Å². The zero-order valence-electron chi connectivity index (χ0n) is 12.2. The average molecular weight is 241 g/mol. The van der Waals surface area contributed by atoms with Crippen LogP contribution in [0.2, 0.25) is 0 Å². The van der Waals surface area contributed by atoms with Crippen molar-refractivity contribution >= 4 is 0 Å². The zero-order valence-corrected chi connectivity index (χ0v) is 12.2. The summed E-state index contributed by atoms with van der Waals surface area (Å²) in [5.41, 5.74) is 6.50. The third-order valence-electron chi connectivity index (χ3n) is 4.39. The Hall–Kier alpha value is -0.0800. The molecule has 1 rings (SSSR count).